The Morgan fingerprint density at radius 1 is 0.971 bits per heavy atom. The van der Waals surface area contributed by atoms with Gasteiger partial charge in [0, 0.05) is 5.75 Å². The zero-order chi connectivity index (χ0) is 26.5. The minimum absolute atomic E-state index is 0.0308. The van der Waals surface area contributed by atoms with Gasteiger partial charge in [-0.15, -0.1) is 0 Å². The van der Waals surface area contributed by atoms with Crippen molar-refractivity contribution < 1.29 is 29.4 Å². The molecule has 12 heteroatoms. The first-order chi connectivity index (χ1) is 16.5. The Hall–Kier alpha value is -2.44. The molecular formula is C23H36N4O6S2. The van der Waals surface area contributed by atoms with Crippen LogP contribution in [0.25, 0.3) is 0 Å². The van der Waals surface area contributed by atoms with Crippen LogP contribution in [0.1, 0.15) is 32.3 Å². The summed E-state index contributed by atoms with van der Waals surface area (Å²) in [5.41, 5.74) is 6.71. The molecule has 0 saturated carbocycles. The van der Waals surface area contributed by atoms with Crippen LogP contribution in [0.2, 0.25) is 0 Å². The summed E-state index contributed by atoms with van der Waals surface area (Å²) in [6.45, 7) is 3.74. The number of carboxylic acid groups (broad SMARTS) is 1. The van der Waals surface area contributed by atoms with E-state index in [1.165, 1.54) is 23.9 Å². The Bertz CT molecular complexity index is 853. The monoisotopic (exact) mass is 528 g/mol. The van der Waals surface area contributed by atoms with Crippen LogP contribution in [0, 0.1) is 5.92 Å². The highest BCUT2D eigenvalue weighted by molar-refractivity contribution is 7.98. The van der Waals surface area contributed by atoms with E-state index in [9.17, 15) is 29.4 Å². The molecule has 0 aliphatic heterocycles. The summed E-state index contributed by atoms with van der Waals surface area (Å²) in [5.74, 6) is -2.30. The van der Waals surface area contributed by atoms with Crippen molar-refractivity contribution >= 4 is 48.1 Å². The van der Waals surface area contributed by atoms with E-state index in [0.717, 1.165) is 5.56 Å². The fourth-order valence-electron chi connectivity index (χ4n) is 3.19. The summed E-state index contributed by atoms with van der Waals surface area (Å²) in [4.78, 5) is 49.8. The third kappa shape index (κ3) is 11.2. The summed E-state index contributed by atoms with van der Waals surface area (Å²) in [6.07, 6.45) is 2.56. The maximum Gasteiger partial charge on any atom is 0.326 e. The van der Waals surface area contributed by atoms with Crippen LogP contribution in [-0.2, 0) is 25.6 Å². The number of phenolic OH excluding ortho intramolecular Hbond substituents is 1. The van der Waals surface area contributed by atoms with Gasteiger partial charge in [-0.25, -0.2) is 4.79 Å². The predicted octanol–water partition coefficient (Wildman–Crippen LogP) is 0.530. The van der Waals surface area contributed by atoms with E-state index in [0.29, 0.717) is 5.75 Å². The van der Waals surface area contributed by atoms with Gasteiger partial charge in [-0.2, -0.15) is 24.4 Å². The van der Waals surface area contributed by atoms with Crippen LogP contribution in [-0.4, -0.2) is 75.8 Å². The highest BCUT2D eigenvalue weighted by Gasteiger charge is 2.30. The lowest BCUT2D eigenvalue weighted by atomic mass is 10.0. The van der Waals surface area contributed by atoms with Gasteiger partial charge in [0.2, 0.25) is 17.7 Å². The number of hydrogen-bond acceptors (Lipinski definition) is 8. The Balaban J connectivity index is 2.82. The average molecular weight is 529 g/mol. The molecule has 0 heterocycles. The topological polar surface area (TPSA) is 171 Å². The van der Waals surface area contributed by atoms with Crippen LogP contribution >= 0.6 is 24.4 Å². The molecule has 196 valence electrons. The minimum Gasteiger partial charge on any atom is -0.508 e. The molecule has 1 aromatic rings. The number of hydrogen-bond donors (Lipinski definition) is 7. The quantitative estimate of drug-likeness (QED) is 0.162. The molecule has 0 aliphatic carbocycles. The van der Waals surface area contributed by atoms with E-state index in [2.05, 4.69) is 28.6 Å². The second-order valence-electron chi connectivity index (χ2n) is 8.59. The molecule has 0 aromatic heterocycles. The standard InChI is InChI=1S/C23H36N4O6S2/c1-13(2)10-18(21(30)25-17(23(32)33)8-9-35-3)26-22(31)19(12-34)27-20(29)16(24)11-14-4-6-15(28)7-5-14/h4-7,13,16-19,28,34H,8-12,24H2,1-3H3,(H,25,30)(H,26,31)(H,27,29)(H,32,33). The van der Waals surface area contributed by atoms with Crippen molar-refractivity contribution in [2.45, 2.75) is 57.3 Å². The van der Waals surface area contributed by atoms with Gasteiger partial charge >= 0.3 is 5.97 Å². The van der Waals surface area contributed by atoms with Crippen molar-refractivity contribution in [3.63, 3.8) is 0 Å². The van der Waals surface area contributed by atoms with Gasteiger partial charge in [-0.1, -0.05) is 26.0 Å². The number of benzene rings is 1. The number of carbonyl (C=O) groups excluding carboxylic acids is 3. The lowest BCUT2D eigenvalue weighted by Gasteiger charge is -2.25. The summed E-state index contributed by atoms with van der Waals surface area (Å²) >= 11 is 5.61. The average Bonchev–Trinajstić information content (AvgIpc) is 2.80. The van der Waals surface area contributed by atoms with Crippen molar-refractivity contribution in [3.05, 3.63) is 29.8 Å². The van der Waals surface area contributed by atoms with E-state index in [1.54, 1.807) is 12.1 Å². The highest BCUT2D eigenvalue weighted by atomic mass is 32.2. The molecule has 0 saturated heterocycles. The third-order valence-corrected chi connectivity index (χ3v) is 6.12. The van der Waals surface area contributed by atoms with Crippen LogP contribution < -0.4 is 21.7 Å². The molecular weight excluding hydrogens is 492 g/mol. The number of aromatic hydroxyl groups is 1. The van der Waals surface area contributed by atoms with Gasteiger partial charge in [0.25, 0.3) is 0 Å². The largest absolute Gasteiger partial charge is 0.508 e. The number of nitrogens with two attached hydrogens (primary N) is 1. The number of carbonyl (C=O) groups is 4. The summed E-state index contributed by atoms with van der Waals surface area (Å²) in [6, 6.07) is 2.21. The minimum atomic E-state index is -1.15. The number of carboxylic acids is 1. The molecule has 4 unspecified atom stereocenters. The lowest BCUT2D eigenvalue weighted by Crippen LogP contribution is -2.58. The number of thioether (sulfide) groups is 1. The predicted molar refractivity (Wildman–Crippen MR) is 140 cm³/mol. The second kappa shape index (κ2) is 15.5. The number of aliphatic carboxylic acids is 1. The molecule has 0 spiro atoms. The Morgan fingerprint density at radius 3 is 2.03 bits per heavy atom. The Labute approximate surface area is 215 Å². The molecule has 0 aliphatic rings. The van der Waals surface area contributed by atoms with E-state index in [-0.39, 0.29) is 36.7 Å². The van der Waals surface area contributed by atoms with Gasteiger partial charge in [0.15, 0.2) is 0 Å². The maximum absolute atomic E-state index is 12.9. The van der Waals surface area contributed by atoms with Gasteiger partial charge in [-0.05, 0) is 54.9 Å². The van der Waals surface area contributed by atoms with Crippen LogP contribution in [0.3, 0.4) is 0 Å². The maximum atomic E-state index is 12.9. The summed E-state index contributed by atoms with van der Waals surface area (Å²) < 4.78 is 0. The van der Waals surface area contributed by atoms with Crippen molar-refractivity contribution in [1.82, 2.24) is 16.0 Å². The molecule has 35 heavy (non-hydrogen) atoms. The number of phenols is 1. The first-order valence-corrected chi connectivity index (χ1v) is 13.3. The molecule has 0 radical (unpaired) electrons. The van der Waals surface area contributed by atoms with Gasteiger partial charge in [0.1, 0.15) is 23.9 Å². The van der Waals surface area contributed by atoms with Crippen LogP contribution in [0.4, 0.5) is 0 Å². The highest BCUT2D eigenvalue weighted by Crippen LogP contribution is 2.11. The summed E-state index contributed by atoms with van der Waals surface area (Å²) in [7, 11) is 0. The van der Waals surface area contributed by atoms with Gasteiger partial charge in [0.05, 0.1) is 6.04 Å². The molecule has 10 nitrogen and oxygen atoms in total. The summed E-state index contributed by atoms with van der Waals surface area (Å²) in [5, 5.41) is 26.4. The van der Waals surface area contributed by atoms with E-state index < -0.39 is 47.9 Å². The van der Waals surface area contributed by atoms with E-state index >= 15 is 0 Å². The lowest BCUT2D eigenvalue weighted by molar-refractivity contribution is -0.142. The Morgan fingerprint density at radius 2 is 1.51 bits per heavy atom. The van der Waals surface area contributed by atoms with E-state index in [4.69, 9.17) is 5.73 Å². The van der Waals surface area contributed by atoms with Gasteiger partial charge in [-0.3, -0.25) is 14.4 Å². The number of rotatable bonds is 15. The zero-order valence-corrected chi connectivity index (χ0v) is 21.9. The molecule has 0 fully saturated rings. The number of thiol groups is 1. The SMILES string of the molecule is CSCCC(NC(=O)C(CC(C)C)NC(=O)C(CS)NC(=O)C(N)Cc1ccc(O)cc1)C(=O)O. The third-order valence-electron chi connectivity index (χ3n) is 5.11. The van der Waals surface area contributed by atoms with Crippen LogP contribution in [0.5, 0.6) is 5.75 Å². The normalized spacial score (nSPS) is 14.5. The van der Waals surface area contributed by atoms with Crippen molar-refractivity contribution in [1.29, 1.82) is 0 Å². The number of amides is 3. The fraction of sp³-hybridized carbons (Fsp3) is 0.565. The Kier molecular flexibility index (Phi) is 13.6. The molecule has 4 atom stereocenters. The molecule has 1 rings (SSSR count). The first-order valence-electron chi connectivity index (χ1n) is 11.3. The van der Waals surface area contributed by atoms with Crippen molar-refractivity contribution in [2.75, 3.05) is 17.8 Å². The number of nitrogens with one attached hydrogen (secondary N) is 3. The molecule has 3 amide bonds. The molecule has 1 aromatic carbocycles. The molecule has 7 N–H and O–H groups in total. The van der Waals surface area contributed by atoms with Crippen LogP contribution in [0.15, 0.2) is 24.3 Å². The molecule has 0 bridgehead atoms. The fourth-order valence-corrected chi connectivity index (χ4v) is 3.92. The smallest absolute Gasteiger partial charge is 0.326 e. The first kappa shape index (κ1) is 30.6. The zero-order valence-electron chi connectivity index (χ0n) is 20.2. The van der Waals surface area contributed by atoms with E-state index in [1.807, 2.05) is 20.1 Å². The van der Waals surface area contributed by atoms with Gasteiger partial charge < -0.3 is 31.9 Å². The second-order valence-corrected chi connectivity index (χ2v) is 9.94. The van der Waals surface area contributed by atoms with Crippen molar-refractivity contribution in [2.24, 2.45) is 11.7 Å². The van der Waals surface area contributed by atoms with Crippen molar-refractivity contribution in [3.8, 4) is 5.75 Å².